The molecule has 0 aliphatic rings. The fourth-order valence-corrected chi connectivity index (χ4v) is 2.02. The summed E-state index contributed by atoms with van der Waals surface area (Å²) in [6.07, 6.45) is 0.686. The number of aliphatic hydroxyl groups excluding tert-OH is 1. The van der Waals surface area contributed by atoms with Gasteiger partial charge in [-0.25, -0.2) is 0 Å². The molecule has 1 amide bonds. The van der Waals surface area contributed by atoms with E-state index in [4.69, 9.17) is 0 Å². The van der Waals surface area contributed by atoms with Gasteiger partial charge in [0.05, 0.1) is 12.5 Å². The Kier molecular flexibility index (Phi) is 5.91. The second-order valence-corrected chi connectivity index (χ2v) is 5.38. The third kappa shape index (κ3) is 5.04. The van der Waals surface area contributed by atoms with Crippen molar-refractivity contribution < 1.29 is 9.90 Å². The first-order valence-electron chi connectivity index (χ1n) is 5.66. The molecule has 0 fully saturated rings. The van der Waals surface area contributed by atoms with Crippen LogP contribution in [0.2, 0.25) is 0 Å². The van der Waals surface area contributed by atoms with Crippen LogP contribution >= 0.6 is 22.6 Å². The van der Waals surface area contributed by atoms with Crippen LogP contribution in [0, 0.1) is 3.57 Å². The van der Waals surface area contributed by atoms with Crippen molar-refractivity contribution in [1.29, 1.82) is 0 Å². The van der Waals surface area contributed by atoms with Gasteiger partial charge in [-0.2, -0.15) is 0 Å². The largest absolute Gasteiger partial charge is 0.393 e. The zero-order valence-electron chi connectivity index (χ0n) is 10.2. The third-order valence-corrected chi connectivity index (χ3v) is 3.66. The molecule has 1 unspecified atom stereocenters. The van der Waals surface area contributed by atoms with E-state index < -0.39 is 0 Å². The highest BCUT2D eigenvalue weighted by atomic mass is 127. The summed E-state index contributed by atoms with van der Waals surface area (Å²) in [6, 6.07) is 7.88. The van der Waals surface area contributed by atoms with Crippen LogP contribution in [0.4, 0.5) is 0 Å². The maximum absolute atomic E-state index is 11.9. The Balaban J connectivity index is 2.52. The lowest BCUT2D eigenvalue weighted by Crippen LogP contribution is -2.30. The number of nitrogens with zero attached hydrogens (tertiary/aromatic N) is 1. The van der Waals surface area contributed by atoms with Gasteiger partial charge in [-0.15, -0.1) is 0 Å². The molecule has 0 spiro atoms. The molecule has 0 aliphatic heterocycles. The summed E-state index contributed by atoms with van der Waals surface area (Å²) in [7, 11) is 1.78. The van der Waals surface area contributed by atoms with Gasteiger partial charge in [0.2, 0.25) is 5.91 Å². The third-order valence-electron chi connectivity index (χ3n) is 2.61. The number of carbonyl (C=O) groups excluding carboxylic acids is 1. The number of hydrogen-bond donors (Lipinski definition) is 1. The first kappa shape index (κ1) is 14.4. The molecule has 94 valence electrons. The maximum atomic E-state index is 11.9. The molecule has 17 heavy (non-hydrogen) atoms. The summed E-state index contributed by atoms with van der Waals surface area (Å²) in [5, 5.41) is 9.18. The van der Waals surface area contributed by atoms with E-state index in [0.29, 0.717) is 19.4 Å². The Morgan fingerprint density at radius 1 is 1.47 bits per heavy atom. The number of benzene rings is 1. The molecule has 1 aromatic carbocycles. The Bertz CT molecular complexity index is 379. The summed E-state index contributed by atoms with van der Waals surface area (Å²) in [4.78, 5) is 13.6. The van der Waals surface area contributed by atoms with Gasteiger partial charge >= 0.3 is 0 Å². The standard InChI is InChI=1S/C13H18INO2/c1-10(16)7-8-15(2)13(17)9-11-5-3-4-6-12(11)14/h3-6,10,16H,7-9H2,1-2H3. The van der Waals surface area contributed by atoms with Crippen LogP contribution in [0.3, 0.4) is 0 Å². The number of amides is 1. The van der Waals surface area contributed by atoms with Crippen LogP contribution in [0.25, 0.3) is 0 Å². The van der Waals surface area contributed by atoms with Crippen LogP contribution in [0.5, 0.6) is 0 Å². The predicted molar refractivity (Wildman–Crippen MR) is 76.8 cm³/mol. The van der Waals surface area contributed by atoms with Crippen molar-refractivity contribution in [3.8, 4) is 0 Å². The van der Waals surface area contributed by atoms with Gasteiger partial charge in [-0.05, 0) is 47.6 Å². The van der Waals surface area contributed by atoms with Crippen molar-refractivity contribution >= 4 is 28.5 Å². The number of halogens is 1. The summed E-state index contributed by atoms with van der Waals surface area (Å²) in [5.41, 5.74) is 1.06. The molecule has 1 atom stereocenters. The molecule has 0 aromatic heterocycles. The lowest BCUT2D eigenvalue weighted by Gasteiger charge is -2.18. The Morgan fingerprint density at radius 3 is 2.71 bits per heavy atom. The zero-order valence-corrected chi connectivity index (χ0v) is 12.3. The van der Waals surface area contributed by atoms with Gasteiger partial charge in [0.15, 0.2) is 0 Å². The average molecular weight is 347 g/mol. The highest BCUT2D eigenvalue weighted by Crippen LogP contribution is 2.12. The van der Waals surface area contributed by atoms with E-state index in [-0.39, 0.29) is 12.0 Å². The minimum Gasteiger partial charge on any atom is -0.393 e. The van der Waals surface area contributed by atoms with Crippen molar-refractivity contribution in [2.75, 3.05) is 13.6 Å². The number of hydrogen-bond acceptors (Lipinski definition) is 2. The molecular formula is C13H18INO2. The number of rotatable bonds is 5. The fourth-order valence-electron chi connectivity index (χ4n) is 1.44. The summed E-state index contributed by atoms with van der Waals surface area (Å²) in [5.74, 6) is 0.0924. The normalized spacial score (nSPS) is 12.2. The van der Waals surface area contributed by atoms with Crippen molar-refractivity contribution in [3.05, 3.63) is 33.4 Å². The number of likely N-dealkylation sites (N-methyl/N-ethyl adjacent to an activating group) is 1. The molecule has 3 nitrogen and oxygen atoms in total. The van der Waals surface area contributed by atoms with Crippen LogP contribution in [0.15, 0.2) is 24.3 Å². The van der Waals surface area contributed by atoms with E-state index in [1.165, 1.54) is 0 Å². The van der Waals surface area contributed by atoms with Gasteiger partial charge < -0.3 is 10.0 Å². The topological polar surface area (TPSA) is 40.5 Å². The van der Waals surface area contributed by atoms with Gasteiger partial charge in [-0.1, -0.05) is 18.2 Å². The second-order valence-electron chi connectivity index (χ2n) is 4.22. The summed E-state index contributed by atoms with van der Waals surface area (Å²) >= 11 is 2.24. The minimum absolute atomic E-state index is 0.0924. The first-order chi connectivity index (χ1) is 8.00. The zero-order chi connectivity index (χ0) is 12.8. The number of carbonyl (C=O) groups is 1. The average Bonchev–Trinajstić information content (AvgIpc) is 2.28. The minimum atomic E-state index is -0.359. The Hall–Kier alpha value is -0.620. The van der Waals surface area contributed by atoms with E-state index >= 15 is 0 Å². The van der Waals surface area contributed by atoms with Crippen LogP contribution in [0.1, 0.15) is 18.9 Å². The van der Waals surface area contributed by atoms with E-state index in [1.807, 2.05) is 24.3 Å². The SMILES string of the molecule is CC(O)CCN(C)C(=O)Cc1ccccc1I. The van der Waals surface area contributed by atoms with E-state index in [2.05, 4.69) is 22.6 Å². The van der Waals surface area contributed by atoms with E-state index in [9.17, 15) is 9.90 Å². The van der Waals surface area contributed by atoms with E-state index in [1.54, 1.807) is 18.9 Å². The molecule has 1 aromatic rings. The Morgan fingerprint density at radius 2 is 2.12 bits per heavy atom. The van der Waals surface area contributed by atoms with Gasteiger partial charge in [0.25, 0.3) is 0 Å². The van der Waals surface area contributed by atoms with Gasteiger partial charge in [0, 0.05) is 17.2 Å². The van der Waals surface area contributed by atoms with Crippen LogP contribution in [-0.2, 0) is 11.2 Å². The number of aliphatic hydroxyl groups is 1. The first-order valence-corrected chi connectivity index (χ1v) is 6.74. The van der Waals surface area contributed by atoms with Crippen LogP contribution in [-0.4, -0.2) is 35.6 Å². The highest BCUT2D eigenvalue weighted by molar-refractivity contribution is 14.1. The maximum Gasteiger partial charge on any atom is 0.226 e. The summed E-state index contributed by atoms with van der Waals surface area (Å²) < 4.78 is 1.11. The van der Waals surface area contributed by atoms with Crippen molar-refractivity contribution in [1.82, 2.24) is 4.90 Å². The summed E-state index contributed by atoms with van der Waals surface area (Å²) in [6.45, 7) is 2.33. The lowest BCUT2D eigenvalue weighted by molar-refractivity contribution is -0.129. The molecule has 0 aliphatic carbocycles. The lowest BCUT2D eigenvalue weighted by atomic mass is 10.1. The van der Waals surface area contributed by atoms with Crippen molar-refractivity contribution in [2.45, 2.75) is 25.9 Å². The van der Waals surface area contributed by atoms with E-state index in [0.717, 1.165) is 9.13 Å². The van der Waals surface area contributed by atoms with Gasteiger partial charge in [-0.3, -0.25) is 4.79 Å². The second kappa shape index (κ2) is 6.96. The van der Waals surface area contributed by atoms with Crippen molar-refractivity contribution in [2.24, 2.45) is 0 Å². The van der Waals surface area contributed by atoms with Crippen LogP contribution < -0.4 is 0 Å². The molecule has 1 N–H and O–H groups in total. The monoisotopic (exact) mass is 347 g/mol. The molecule has 0 saturated carbocycles. The fraction of sp³-hybridized carbons (Fsp3) is 0.462. The molecule has 0 heterocycles. The molecule has 4 heteroatoms. The molecule has 0 saturated heterocycles. The smallest absolute Gasteiger partial charge is 0.226 e. The molecule has 0 bridgehead atoms. The molecule has 0 radical (unpaired) electrons. The molecular weight excluding hydrogens is 329 g/mol. The molecule has 1 rings (SSSR count). The Labute approximate surface area is 116 Å². The predicted octanol–water partition coefficient (Wildman–Crippen LogP) is 2.06. The quantitative estimate of drug-likeness (QED) is 0.829. The highest BCUT2D eigenvalue weighted by Gasteiger charge is 2.11. The van der Waals surface area contributed by atoms with Gasteiger partial charge in [0.1, 0.15) is 0 Å². The van der Waals surface area contributed by atoms with Crippen molar-refractivity contribution in [3.63, 3.8) is 0 Å².